The van der Waals surface area contributed by atoms with Gasteiger partial charge in [0.25, 0.3) is 0 Å². The number of hydrogen-bond acceptors (Lipinski definition) is 5. The van der Waals surface area contributed by atoms with Crippen LogP contribution in [0.4, 0.5) is 5.69 Å². The first-order valence-corrected chi connectivity index (χ1v) is 6.65. The molecule has 0 N–H and O–H groups in total. The monoisotopic (exact) mass is 289 g/mol. The summed E-state index contributed by atoms with van der Waals surface area (Å²) in [6.45, 7) is 2.63. The van der Waals surface area contributed by atoms with Crippen LogP contribution in [0.15, 0.2) is 27.4 Å². The molecular weight excluding hydrogens is 274 g/mol. The van der Waals surface area contributed by atoms with Crippen molar-refractivity contribution in [3.8, 4) is 11.8 Å². The Morgan fingerprint density at radius 2 is 2.14 bits per heavy atom. The molecule has 0 radical (unpaired) electrons. The number of aromatic nitrogens is 2. The summed E-state index contributed by atoms with van der Waals surface area (Å²) >= 11 is 0. The molecule has 2 aromatic rings. The highest BCUT2D eigenvalue weighted by molar-refractivity contribution is 5.96. The van der Waals surface area contributed by atoms with Crippen LogP contribution in [0, 0.1) is 6.92 Å². The fourth-order valence-corrected chi connectivity index (χ4v) is 2.48. The van der Waals surface area contributed by atoms with Crippen molar-refractivity contribution in [2.45, 2.75) is 19.8 Å². The second-order valence-electron chi connectivity index (χ2n) is 4.87. The van der Waals surface area contributed by atoms with Crippen LogP contribution in [-0.2, 0) is 4.79 Å². The molecule has 0 unspecified atom stereocenters. The standard InChI is InChI=1S/C14H15N3O4/c1-9-8-10(17-14(19)21-13(15-17)20-2)5-6-11(9)16-7-3-4-12(16)18/h5-6,8H,3-4,7H2,1-2H3. The van der Waals surface area contributed by atoms with Gasteiger partial charge in [0.2, 0.25) is 5.91 Å². The van der Waals surface area contributed by atoms with E-state index < -0.39 is 5.76 Å². The summed E-state index contributed by atoms with van der Waals surface area (Å²) in [4.78, 5) is 25.3. The SMILES string of the molecule is COc1nn(-c2ccc(N3CCCC3=O)c(C)c2)c(=O)o1. The second-order valence-corrected chi connectivity index (χ2v) is 4.87. The van der Waals surface area contributed by atoms with E-state index in [1.54, 1.807) is 17.0 Å². The molecule has 0 atom stereocenters. The number of hydrogen-bond donors (Lipinski definition) is 0. The maximum Gasteiger partial charge on any atom is 0.444 e. The normalized spacial score (nSPS) is 14.8. The van der Waals surface area contributed by atoms with Gasteiger partial charge >= 0.3 is 11.8 Å². The molecule has 0 aliphatic carbocycles. The summed E-state index contributed by atoms with van der Waals surface area (Å²) in [6, 6.07) is 5.35. The quantitative estimate of drug-likeness (QED) is 0.850. The van der Waals surface area contributed by atoms with E-state index >= 15 is 0 Å². The number of carbonyl (C=O) groups excluding carboxylic acids is 1. The Hall–Kier alpha value is -2.57. The van der Waals surface area contributed by atoms with Gasteiger partial charge < -0.3 is 14.1 Å². The summed E-state index contributed by atoms with van der Waals surface area (Å²) in [6.07, 6.45) is 1.37. The van der Waals surface area contributed by atoms with Crippen LogP contribution in [0.2, 0.25) is 0 Å². The van der Waals surface area contributed by atoms with E-state index in [-0.39, 0.29) is 12.0 Å². The second kappa shape index (κ2) is 5.08. The van der Waals surface area contributed by atoms with Crippen LogP contribution in [0.3, 0.4) is 0 Å². The van der Waals surface area contributed by atoms with E-state index in [1.807, 2.05) is 13.0 Å². The lowest BCUT2D eigenvalue weighted by molar-refractivity contribution is -0.117. The Balaban J connectivity index is 1.99. The molecule has 1 aromatic heterocycles. The predicted molar refractivity (Wildman–Crippen MR) is 75.0 cm³/mol. The van der Waals surface area contributed by atoms with Gasteiger partial charge in [-0.1, -0.05) is 5.10 Å². The zero-order chi connectivity index (χ0) is 15.0. The molecule has 1 fully saturated rings. The predicted octanol–water partition coefficient (Wildman–Crippen LogP) is 1.27. The van der Waals surface area contributed by atoms with Crippen LogP contribution < -0.4 is 15.4 Å². The summed E-state index contributed by atoms with van der Waals surface area (Å²) in [7, 11) is 1.38. The van der Waals surface area contributed by atoms with E-state index in [4.69, 9.17) is 9.15 Å². The van der Waals surface area contributed by atoms with Crippen molar-refractivity contribution >= 4 is 11.6 Å². The number of methoxy groups -OCH3 is 1. The van der Waals surface area contributed by atoms with Gasteiger partial charge in [-0.15, -0.1) is 0 Å². The minimum atomic E-state index is -0.615. The van der Waals surface area contributed by atoms with Crippen LogP contribution in [0.25, 0.3) is 5.69 Å². The molecular formula is C14H15N3O4. The molecule has 0 saturated carbocycles. The lowest BCUT2D eigenvalue weighted by Gasteiger charge is -2.18. The zero-order valence-electron chi connectivity index (χ0n) is 11.8. The smallest absolute Gasteiger partial charge is 0.444 e. The molecule has 3 rings (SSSR count). The van der Waals surface area contributed by atoms with Crippen molar-refractivity contribution in [2.24, 2.45) is 0 Å². The average molecular weight is 289 g/mol. The van der Waals surface area contributed by atoms with Gasteiger partial charge in [-0.25, -0.2) is 4.79 Å². The van der Waals surface area contributed by atoms with E-state index in [2.05, 4.69) is 5.10 Å². The minimum Gasteiger partial charge on any atom is -0.452 e. The Kier molecular flexibility index (Phi) is 3.25. The maximum atomic E-state index is 11.8. The number of benzene rings is 1. The fourth-order valence-electron chi connectivity index (χ4n) is 2.48. The fraction of sp³-hybridized carbons (Fsp3) is 0.357. The van der Waals surface area contributed by atoms with Crippen molar-refractivity contribution in [1.82, 2.24) is 9.78 Å². The third-order valence-corrected chi connectivity index (χ3v) is 3.49. The highest BCUT2D eigenvalue weighted by Gasteiger charge is 2.23. The number of aryl methyl sites for hydroxylation is 1. The van der Waals surface area contributed by atoms with Crippen molar-refractivity contribution < 1.29 is 13.9 Å². The first-order chi connectivity index (χ1) is 10.1. The maximum absolute atomic E-state index is 11.8. The Morgan fingerprint density at radius 3 is 2.71 bits per heavy atom. The molecule has 7 nitrogen and oxygen atoms in total. The molecule has 2 heterocycles. The lowest BCUT2D eigenvalue weighted by atomic mass is 10.1. The lowest BCUT2D eigenvalue weighted by Crippen LogP contribution is -2.24. The van der Waals surface area contributed by atoms with Crippen LogP contribution in [-0.4, -0.2) is 29.3 Å². The number of amides is 1. The number of nitrogens with zero attached hydrogens (tertiary/aromatic N) is 3. The van der Waals surface area contributed by atoms with E-state index in [0.29, 0.717) is 12.1 Å². The minimum absolute atomic E-state index is 0.0866. The molecule has 1 aliphatic heterocycles. The van der Waals surface area contributed by atoms with Crippen LogP contribution in [0.5, 0.6) is 6.08 Å². The van der Waals surface area contributed by atoms with E-state index in [0.717, 1.165) is 28.9 Å². The van der Waals surface area contributed by atoms with Gasteiger partial charge in [0, 0.05) is 18.7 Å². The summed E-state index contributed by atoms with van der Waals surface area (Å²) in [5.41, 5.74) is 2.33. The topological polar surface area (TPSA) is 77.6 Å². The molecule has 0 spiro atoms. The first-order valence-electron chi connectivity index (χ1n) is 6.65. The van der Waals surface area contributed by atoms with Gasteiger partial charge in [-0.05, 0) is 37.1 Å². The summed E-state index contributed by atoms with van der Waals surface area (Å²) in [5, 5.41) is 3.92. The highest BCUT2D eigenvalue weighted by atomic mass is 16.6. The highest BCUT2D eigenvalue weighted by Crippen LogP contribution is 2.26. The molecule has 21 heavy (non-hydrogen) atoms. The molecule has 110 valence electrons. The number of anilines is 1. The molecule has 1 saturated heterocycles. The summed E-state index contributed by atoms with van der Waals surface area (Å²) in [5.74, 6) is -0.484. The number of rotatable bonds is 3. The number of carbonyl (C=O) groups is 1. The van der Waals surface area contributed by atoms with Crippen LogP contribution >= 0.6 is 0 Å². The van der Waals surface area contributed by atoms with Gasteiger partial charge in [0.05, 0.1) is 12.8 Å². The van der Waals surface area contributed by atoms with Gasteiger partial charge in [0.1, 0.15) is 0 Å². The zero-order valence-corrected chi connectivity index (χ0v) is 11.8. The van der Waals surface area contributed by atoms with Gasteiger partial charge in [0.15, 0.2) is 0 Å². The summed E-state index contributed by atoms with van der Waals surface area (Å²) < 4.78 is 10.7. The Bertz CT molecular complexity index is 747. The molecule has 0 bridgehead atoms. The van der Waals surface area contributed by atoms with Gasteiger partial charge in [-0.2, -0.15) is 4.68 Å². The Labute approximate surface area is 120 Å². The largest absolute Gasteiger partial charge is 0.452 e. The molecule has 7 heteroatoms. The van der Waals surface area contributed by atoms with Crippen molar-refractivity contribution in [3.63, 3.8) is 0 Å². The van der Waals surface area contributed by atoms with E-state index in [1.165, 1.54) is 7.11 Å². The third kappa shape index (κ3) is 2.31. The van der Waals surface area contributed by atoms with Crippen LogP contribution in [0.1, 0.15) is 18.4 Å². The third-order valence-electron chi connectivity index (χ3n) is 3.49. The Morgan fingerprint density at radius 1 is 1.33 bits per heavy atom. The van der Waals surface area contributed by atoms with Crippen molar-refractivity contribution in [1.29, 1.82) is 0 Å². The van der Waals surface area contributed by atoms with Gasteiger partial charge in [-0.3, -0.25) is 4.79 Å². The molecule has 1 amide bonds. The molecule has 1 aromatic carbocycles. The van der Waals surface area contributed by atoms with E-state index in [9.17, 15) is 9.59 Å². The number of ether oxygens (including phenoxy) is 1. The van der Waals surface area contributed by atoms with Crippen molar-refractivity contribution in [3.05, 3.63) is 34.3 Å². The molecule has 1 aliphatic rings. The van der Waals surface area contributed by atoms with Crippen molar-refractivity contribution in [2.75, 3.05) is 18.6 Å². The first kappa shape index (κ1) is 13.4. The average Bonchev–Trinajstić information content (AvgIpc) is 3.05.